The molecule has 0 unspecified atom stereocenters. The standard InChI is InChI=1S/C24H29NO4S.C22H27NO3S/c1-18(26)30-17-21(16-10-3-7-13-19-11-5-2-6-12-19)23(27)25-22(24(28)29)20-14-8-4-9-15-20;24-21(23-20(22(25)26)18-13-7-3-8-14-18)19(16-27)15-9-2-6-12-17-10-4-1-5-11-17/h2,4-6,8-9,11-12,14-15,21-22H,3,7,10,13,16-17H2,1H3,(H,25,27)(H,28,29);1,3-5,7-8,10-11,13-14,19-20,27H,2,6,9,12,15-16H2,(H,23,24)(H,25,26)/t21-,22+;19-,20+/m00/s1. The smallest absolute Gasteiger partial charge is 0.330 e. The van der Waals surface area contributed by atoms with Gasteiger partial charge in [-0.1, -0.05) is 159 Å². The molecule has 2 amide bonds. The van der Waals surface area contributed by atoms with Crippen molar-refractivity contribution < 1.29 is 34.2 Å². The van der Waals surface area contributed by atoms with Crippen LogP contribution in [0.2, 0.25) is 0 Å². The maximum atomic E-state index is 12.8. The molecule has 0 spiro atoms. The fourth-order valence-corrected chi connectivity index (χ4v) is 7.38. The molecule has 0 bridgehead atoms. The zero-order valence-corrected chi connectivity index (χ0v) is 34.3. The Morgan fingerprint density at radius 3 is 1.28 bits per heavy atom. The van der Waals surface area contributed by atoms with Crippen LogP contribution in [0.3, 0.4) is 0 Å². The van der Waals surface area contributed by atoms with Crippen LogP contribution in [0, 0.1) is 11.8 Å². The summed E-state index contributed by atoms with van der Waals surface area (Å²) in [7, 11) is 0. The second kappa shape index (κ2) is 26.9. The van der Waals surface area contributed by atoms with Crippen LogP contribution in [0.25, 0.3) is 0 Å². The minimum atomic E-state index is -1.10. The van der Waals surface area contributed by atoms with Crippen molar-refractivity contribution in [3.8, 4) is 0 Å². The van der Waals surface area contributed by atoms with E-state index in [0.717, 1.165) is 63.1 Å². The fourth-order valence-electron chi connectivity index (χ4n) is 6.28. The number of hydrogen-bond acceptors (Lipinski definition) is 7. The Hall–Kier alpha value is -4.87. The second-order valence-electron chi connectivity index (χ2n) is 13.9. The molecule has 4 aromatic rings. The molecule has 304 valence electrons. The van der Waals surface area contributed by atoms with Gasteiger partial charge in [0.25, 0.3) is 0 Å². The monoisotopic (exact) mass is 812 g/mol. The molecule has 4 atom stereocenters. The van der Waals surface area contributed by atoms with Crippen molar-refractivity contribution in [3.63, 3.8) is 0 Å². The summed E-state index contributed by atoms with van der Waals surface area (Å²) in [5.74, 6) is -2.64. The number of aliphatic carboxylic acids is 2. The van der Waals surface area contributed by atoms with E-state index in [4.69, 9.17) is 0 Å². The Labute approximate surface area is 346 Å². The number of thiol groups is 1. The molecule has 4 N–H and O–H groups in total. The lowest BCUT2D eigenvalue weighted by molar-refractivity contribution is -0.143. The van der Waals surface area contributed by atoms with Crippen LogP contribution >= 0.6 is 24.4 Å². The number of hydrogen-bond donors (Lipinski definition) is 5. The lowest BCUT2D eigenvalue weighted by atomic mass is 9.99. The molecule has 0 aliphatic heterocycles. The van der Waals surface area contributed by atoms with Crippen molar-refractivity contribution in [2.24, 2.45) is 11.8 Å². The molecule has 0 aromatic heterocycles. The van der Waals surface area contributed by atoms with Gasteiger partial charge in [-0.2, -0.15) is 12.6 Å². The third-order valence-corrected chi connectivity index (χ3v) is 10.9. The number of rotatable bonds is 23. The van der Waals surface area contributed by atoms with E-state index < -0.39 is 29.9 Å². The van der Waals surface area contributed by atoms with Crippen LogP contribution < -0.4 is 10.6 Å². The second-order valence-corrected chi connectivity index (χ2v) is 15.5. The Kier molecular flexibility index (Phi) is 21.9. The highest BCUT2D eigenvalue weighted by atomic mass is 32.2. The van der Waals surface area contributed by atoms with Crippen LogP contribution in [0.1, 0.15) is 92.6 Å². The number of unbranched alkanes of at least 4 members (excludes halogenated alkanes) is 4. The summed E-state index contributed by atoms with van der Waals surface area (Å²) in [6.45, 7) is 1.48. The zero-order valence-electron chi connectivity index (χ0n) is 32.6. The van der Waals surface area contributed by atoms with Gasteiger partial charge in [-0.3, -0.25) is 14.4 Å². The van der Waals surface area contributed by atoms with Gasteiger partial charge in [0.1, 0.15) is 0 Å². The van der Waals surface area contributed by atoms with Gasteiger partial charge in [-0.05, 0) is 60.8 Å². The van der Waals surface area contributed by atoms with Crippen LogP contribution in [-0.4, -0.2) is 50.6 Å². The molecule has 0 heterocycles. The molecule has 57 heavy (non-hydrogen) atoms. The lowest BCUT2D eigenvalue weighted by Gasteiger charge is -2.20. The summed E-state index contributed by atoms with van der Waals surface area (Å²) >= 11 is 5.40. The van der Waals surface area contributed by atoms with Crippen LogP contribution in [0.15, 0.2) is 121 Å². The summed E-state index contributed by atoms with van der Waals surface area (Å²) in [6.07, 6.45) is 9.27. The van der Waals surface area contributed by atoms with Gasteiger partial charge in [0.2, 0.25) is 11.8 Å². The summed E-state index contributed by atoms with van der Waals surface area (Å²) in [5.41, 5.74) is 3.72. The molecule has 4 rings (SSSR count). The van der Waals surface area contributed by atoms with E-state index in [1.54, 1.807) is 54.6 Å². The first-order valence-electron chi connectivity index (χ1n) is 19.6. The predicted molar refractivity (Wildman–Crippen MR) is 231 cm³/mol. The van der Waals surface area contributed by atoms with E-state index in [1.165, 1.54) is 18.1 Å². The highest BCUT2D eigenvalue weighted by molar-refractivity contribution is 8.13. The van der Waals surface area contributed by atoms with Crippen molar-refractivity contribution in [1.82, 2.24) is 10.6 Å². The van der Waals surface area contributed by atoms with E-state index in [2.05, 4.69) is 47.5 Å². The maximum Gasteiger partial charge on any atom is 0.330 e. The molecule has 0 fully saturated rings. The number of aryl methyl sites for hydroxylation is 2. The summed E-state index contributed by atoms with van der Waals surface area (Å²) in [4.78, 5) is 60.0. The third kappa shape index (κ3) is 18.3. The highest BCUT2D eigenvalue weighted by Crippen LogP contribution is 2.21. The first-order chi connectivity index (χ1) is 27.6. The number of carbonyl (C=O) groups excluding carboxylic acids is 3. The molecular formula is C46H56N2O7S2. The average Bonchev–Trinajstić information content (AvgIpc) is 3.22. The Bertz CT molecular complexity index is 1780. The maximum absolute atomic E-state index is 12.8. The van der Waals surface area contributed by atoms with Gasteiger partial charge >= 0.3 is 11.9 Å². The number of thioether (sulfide) groups is 1. The van der Waals surface area contributed by atoms with Gasteiger partial charge in [0.05, 0.1) is 0 Å². The Morgan fingerprint density at radius 2 is 0.912 bits per heavy atom. The zero-order chi connectivity index (χ0) is 41.3. The van der Waals surface area contributed by atoms with Crippen molar-refractivity contribution in [3.05, 3.63) is 144 Å². The van der Waals surface area contributed by atoms with Crippen LogP contribution in [0.5, 0.6) is 0 Å². The Balaban J connectivity index is 0.000000307. The normalized spacial score (nSPS) is 12.8. The molecule has 9 nitrogen and oxygen atoms in total. The van der Waals surface area contributed by atoms with Crippen molar-refractivity contribution >= 4 is 53.3 Å². The number of amides is 2. The van der Waals surface area contributed by atoms with E-state index >= 15 is 0 Å². The number of carboxylic acids is 2. The molecule has 4 aromatic carbocycles. The van der Waals surface area contributed by atoms with Gasteiger partial charge in [0, 0.05) is 30.3 Å². The van der Waals surface area contributed by atoms with E-state index in [-0.39, 0.29) is 22.8 Å². The summed E-state index contributed by atoms with van der Waals surface area (Å²) in [5, 5.41) is 24.3. The molecule has 0 saturated heterocycles. The molecule has 0 aliphatic carbocycles. The van der Waals surface area contributed by atoms with E-state index in [9.17, 15) is 34.2 Å². The SMILES string of the molecule is CC(=O)SC[C@H](CCCCCc1ccccc1)C(=O)N[C@@H](C(=O)O)c1ccccc1.O=C(N[C@@H](C(=O)O)c1ccccc1)[C@H](CS)CCCCCc1ccccc1. The van der Waals surface area contributed by atoms with Gasteiger partial charge in [0.15, 0.2) is 17.2 Å². The number of benzene rings is 4. The van der Waals surface area contributed by atoms with Crippen LogP contribution in [-0.2, 0) is 36.8 Å². The molecular weight excluding hydrogens is 757 g/mol. The predicted octanol–water partition coefficient (Wildman–Crippen LogP) is 8.91. The number of carboxylic acid groups (broad SMARTS) is 2. The summed E-state index contributed by atoms with van der Waals surface area (Å²) in [6, 6.07) is 35.9. The topological polar surface area (TPSA) is 150 Å². The summed E-state index contributed by atoms with van der Waals surface area (Å²) < 4.78 is 0. The molecule has 0 saturated carbocycles. The third-order valence-electron chi connectivity index (χ3n) is 9.50. The highest BCUT2D eigenvalue weighted by Gasteiger charge is 2.27. The largest absolute Gasteiger partial charge is 0.479 e. The minimum Gasteiger partial charge on any atom is -0.479 e. The van der Waals surface area contributed by atoms with Gasteiger partial charge in [-0.15, -0.1) is 0 Å². The number of carbonyl (C=O) groups is 5. The minimum absolute atomic E-state index is 0.0466. The van der Waals surface area contributed by atoms with Gasteiger partial charge in [-0.25, -0.2) is 9.59 Å². The fraction of sp³-hybridized carbons (Fsp3) is 0.370. The Morgan fingerprint density at radius 1 is 0.544 bits per heavy atom. The first-order valence-corrected chi connectivity index (χ1v) is 21.2. The first kappa shape index (κ1) is 46.5. The van der Waals surface area contributed by atoms with E-state index in [0.29, 0.717) is 35.5 Å². The van der Waals surface area contributed by atoms with Crippen molar-refractivity contribution in [2.45, 2.75) is 83.2 Å². The van der Waals surface area contributed by atoms with Crippen molar-refractivity contribution in [1.29, 1.82) is 0 Å². The van der Waals surface area contributed by atoms with E-state index in [1.807, 2.05) is 42.5 Å². The molecule has 11 heteroatoms. The van der Waals surface area contributed by atoms with Crippen LogP contribution in [0.4, 0.5) is 0 Å². The molecule has 0 aliphatic rings. The lowest BCUT2D eigenvalue weighted by Crippen LogP contribution is -2.38. The quantitative estimate of drug-likeness (QED) is 0.0368. The van der Waals surface area contributed by atoms with Crippen molar-refractivity contribution in [2.75, 3.05) is 11.5 Å². The molecule has 0 radical (unpaired) electrons. The van der Waals surface area contributed by atoms with Gasteiger partial charge < -0.3 is 20.8 Å². The average molecular weight is 813 g/mol. The number of nitrogens with one attached hydrogen (secondary N) is 2.